The highest BCUT2D eigenvalue weighted by Crippen LogP contribution is 2.42. The summed E-state index contributed by atoms with van der Waals surface area (Å²) in [7, 11) is 0. The van der Waals surface area contributed by atoms with Crippen LogP contribution in [-0.2, 0) is 4.79 Å². The third kappa shape index (κ3) is 3.86. The molecule has 0 saturated carbocycles. The Morgan fingerprint density at radius 1 is 1.19 bits per heavy atom. The molecule has 1 unspecified atom stereocenters. The summed E-state index contributed by atoms with van der Waals surface area (Å²) in [5, 5.41) is 12.0. The number of alkyl halides is 3. The normalized spacial score (nSPS) is 21.8. The van der Waals surface area contributed by atoms with Gasteiger partial charge in [-0.1, -0.05) is 23.7 Å². The molecule has 3 aliphatic rings. The van der Waals surface area contributed by atoms with E-state index in [0.717, 1.165) is 6.08 Å². The maximum atomic E-state index is 13.2. The summed E-state index contributed by atoms with van der Waals surface area (Å²) < 4.78 is 39.7. The molecular formula is C22H17ClF3N3O2. The van der Waals surface area contributed by atoms with Crippen molar-refractivity contribution < 1.29 is 22.8 Å². The fraction of sp³-hybridized carbons (Fsp3) is 0.318. The van der Waals surface area contributed by atoms with Crippen molar-refractivity contribution in [1.29, 1.82) is 5.26 Å². The maximum absolute atomic E-state index is 13.2. The van der Waals surface area contributed by atoms with Gasteiger partial charge in [-0.3, -0.25) is 9.69 Å². The van der Waals surface area contributed by atoms with E-state index in [1.165, 1.54) is 17.0 Å². The van der Waals surface area contributed by atoms with Gasteiger partial charge in [-0.15, -0.1) is 0 Å². The van der Waals surface area contributed by atoms with Crippen LogP contribution in [0.15, 0.2) is 52.9 Å². The number of urea groups is 1. The summed E-state index contributed by atoms with van der Waals surface area (Å²) in [5.74, 6) is -0.187. The molecule has 1 aliphatic heterocycles. The van der Waals surface area contributed by atoms with Crippen LogP contribution in [0.4, 0.5) is 18.0 Å². The predicted molar refractivity (Wildman–Crippen MR) is 107 cm³/mol. The molecule has 1 aromatic carbocycles. The zero-order valence-electron chi connectivity index (χ0n) is 16.2. The molecule has 5 nitrogen and oxygen atoms in total. The number of halogens is 4. The Balaban J connectivity index is 1.82. The minimum absolute atomic E-state index is 0.114. The van der Waals surface area contributed by atoms with Gasteiger partial charge in [-0.25, -0.2) is 4.79 Å². The summed E-state index contributed by atoms with van der Waals surface area (Å²) in [6.45, 7) is 0. The van der Waals surface area contributed by atoms with Gasteiger partial charge in [0, 0.05) is 34.0 Å². The molecule has 0 radical (unpaired) electrons. The van der Waals surface area contributed by atoms with E-state index in [1.54, 1.807) is 12.1 Å². The first kappa shape index (κ1) is 21.2. The molecule has 0 aromatic heterocycles. The third-order valence-corrected chi connectivity index (χ3v) is 5.94. The zero-order chi connectivity index (χ0) is 22.3. The molecule has 9 heteroatoms. The largest absolute Gasteiger partial charge is 0.412 e. The second kappa shape index (κ2) is 7.89. The van der Waals surface area contributed by atoms with Crippen molar-refractivity contribution in [1.82, 2.24) is 10.2 Å². The first-order valence-corrected chi connectivity index (χ1v) is 10.1. The first-order valence-electron chi connectivity index (χ1n) is 9.75. The van der Waals surface area contributed by atoms with Crippen molar-refractivity contribution in [2.24, 2.45) is 0 Å². The van der Waals surface area contributed by atoms with Gasteiger partial charge in [0.05, 0.1) is 17.7 Å². The van der Waals surface area contributed by atoms with Crippen molar-refractivity contribution in [3.63, 3.8) is 0 Å². The van der Waals surface area contributed by atoms with Crippen LogP contribution in [0.25, 0.3) is 0 Å². The van der Waals surface area contributed by atoms with E-state index in [0.29, 0.717) is 35.2 Å². The third-order valence-electron chi connectivity index (χ3n) is 5.61. The Morgan fingerprint density at radius 2 is 1.97 bits per heavy atom. The van der Waals surface area contributed by atoms with Crippen LogP contribution in [-0.4, -0.2) is 22.9 Å². The number of ketones is 1. The topological polar surface area (TPSA) is 73.2 Å². The summed E-state index contributed by atoms with van der Waals surface area (Å²) >= 11 is 6.33. The summed E-state index contributed by atoms with van der Waals surface area (Å²) in [5.41, 5.74) is 0.920. The van der Waals surface area contributed by atoms with Crippen LogP contribution in [0.3, 0.4) is 0 Å². The molecule has 0 fully saturated rings. The second-order valence-corrected chi connectivity index (χ2v) is 7.95. The Hall–Kier alpha value is -3.05. The van der Waals surface area contributed by atoms with Gasteiger partial charge >= 0.3 is 12.2 Å². The number of benzene rings is 1. The van der Waals surface area contributed by atoms with E-state index in [9.17, 15) is 22.8 Å². The molecule has 160 valence electrons. The Kier molecular flexibility index (Phi) is 5.40. The van der Waals surface area contributed by atoms with Crippen LogP contribution in [0.5, 0.6) is 0 Å². The minimum Gasteiger partial charge on any atom is -0.326 e. The van der Waals surface area contributed by atoms with Crippen molar-refractivity contribution in [3.8, 4) is 6.07 Å². The highest BCUT2D eigenvalue weighted by Gasteiger charge is 2.42. The average molecular weight is 448 g/mol. The number of nitriles is 1. The number of carbonyl (C=O) groups excluding carboxylic acids is 2. The van der Waals surface area contributed by atoms with Gasteiger partial charge in [0.15, 0.2) is 5.78 Å². The van der Waals surface area contributed by atoms with E-state index < -0.39 is 23.8 Å². The van der Waals surface area contributed by atoms with E-state index >= 15 is 0 Å². The number of hydrogen-bond donors (Lipinski definition) is 1. The van der Waals surface area contributed by atoms with E-state index in [2.05, 4.69) is 5.32 Å². The molecule has 0 saturated heterocycles. The molecule has 0 bridgehead atoms. The van der Waals surface area contributed by atoms with Crippen LogP contribution < -0.4 is 5.32 Å². The Bertz CT molecular complexity index is 1110. The summed E-state index contributed by atoms with van der Waals surface area (Å²) in [6.07, 6.45) is -0.790. The van der Waals surface area contributed by atoms with Gasteiger partial charge in [0.25, 0.3) is 0 Å². The number of carbonyl (C=O) groups is 2. The summed E-state index contributed by atoms with van der Waals surface area (Å²) in [6, 6.07) is 5.09. The fourth-order valence-electron chi connectivity index (χ4n) is 4.19. The number of nitrogens with one attached hydrogen (secondary N) is 1. The van der Waals surface area contributed by atoms with Crippen LogP contribution in [0.2, 0.25) is 5.02 Å². The lowest BCUT2D eigenvalue weighted by molar-refractivity contribution is -0.116. The molecule has 1 heterocycles. The molecule has 2 amide bonds. The Labute approximate surface area is 181 Å². The predicted octanol–water partition coefficient (Wildman–Crippen LogP) is 5.45. The lowest BCUT2D eigenvalue weighted by atomic mass is 9.84. The molecular weight excluding hydrogens is 431 g/mol. The van der Waals surface area contributed by atoms with Crippen molar-refractivity contribution in [3.05, 3.63) is 69.0 Å². The minimum atomic E-state index is -4.48. The monoisotopic (exact) mass is 447 g/mol. The molecule has 1 aromatic rings. The highest BCUT2D eigenvalue weighted by atomic mass is 35.5. The van der Waals surface area contributed by atoms with Gasteiger partial charge in [-0.05, 0) is 49.5 Å². The first-order chi connectivity index (χ1) is 14.7. The van der Waals surface area contributed by atoms with Gasteiger partial charge in [0.2, 0.25) is 0 Å². The molecule has 4 rings (SSSR count). The van der Waals surface area contributed by atoms with Crippen LogP contribution in [0, 0.1) is 11.3 Å². The number of rotatable bonds is 2. The number of amides is 2. The van der Waals surface area contributed by atoms with Gasteiger partial charge < -0.3 is 5.32 Å². The number of hydrogen-bond acceptors (Lipinski definition) is 3. The number of allylic oxidation sites excluding steroid dienone is 4. The molecule has 2 aliphatic carbocycles. The van der Waals surface area contributed by atoms with Gasteiger partial charge in [-0.2, -0.15) is 18.4 Å². The smallest absolute Gasteiger partial charge is 0.326 e. The highest BCUT2D eigenvalue weighted by molar-refractivity contribution is 6.31. The summed E-state index contributed by atoms with van der Waals surface area (Å²) in [4.78, 5) is 27.1. The standard InChI is InChI=1S/C22H17ClF3N3O2/c23-16-9-12(11-27)7-8-15(16)20-19-17(5-2-6-18(19)30)29(21(31)28-20)14-4-1-3-13(10-14)22(24,25)26/h4,7-10,20H,1-3,5-6H2,(H,28,31). The lowest BCUT2D eigenvalue weighted by Gasteiger charge is -2.40. The van der Waals surface area contributed by atoms with Crippen LogP contribution >= 0.6 is 11.6 Å². The number of nitrogens with zero attached hydrogens (tertiary/aromatic N) is 2. The van der Waals surface area contributed by atoms with Gasteiger partial charge in [0.1, 0.15) is 0 Å². The average Bonchev–Trinajstić information content (AvgIpc) is 2.72. The van der Waals surface area contributed by atoms with E-state index in [-0.39, 0.29) is 35.8 Å². The van der Waals surface area contributed by atoms with Crippen molar-refractivity contribution in [2.75, 3.05) is 0 Å². The van der Waals surface area contributed by atoms with E-state index in [4.69, 9.17) is 16.9 Å². The molecule has 0 spiro atoms. The molecule has 1 atom stereocenters. The lowest BCUT2D eigenvalue weighted by Crippen LogP contribution is -2.49. The quantitative estimate of drug-likeness (QED) is 0.655. The fourth-order valence-corrected chi connectivity index (χ4v) is 4.48. The SMILES string of the molecule is N#Cc1ccc(C2NC(=O)N(C3=CCCC(C(F)(F)F)=C3)C3=C2C(=O)CCC3)c(Cl)c1. The molecule has 31 heavy (non-hydrogen) atoms. The molecule has 1 N–H and O–H groups in total. The maximum Gasteiger partial charge on any atom is 0.412 e. The van der Waals surface area contributed by atoms with Crippen molar-refractivity contribution in [2.45, 2.75) is 44.3 Å². The number of Topliss-reactive ketones (excluding diaryl/α,β-unsaturated/α-hetero) is 1. The second-order valence-electron chi connectivity index (χ2n) is 7.54. The van der Waals surface area contributed by atoms with E-state index in [1.807, 2.05) is 6.07 Å². The van der Waals surface area contributed by atoms with Crippen molar-refractivity contribution >= 4 is 23.4 Å². The zero-order valence-corrected chi connectivity index (χ0v) is 17.0. The Morgan fingerprint density at radius 3 is 2.65 bits per heavy atom. The van der Waals surface area contributed by atoms with Crippen LogP contribution in [0.1, 0.15) is 49.3 Å².